The van der Waals surface area contributed by atoms with Crippen molar-refractivity contribution in [1.82, 2.24) is 20.2 Å². The van der Waals surface area contributed by atoms with Gasteiger partial charge in [0.2, 0.25) is 17.7 Å². The van der Waals surface area contributed by atoms with Crippen molar-refractivity contribution in [3.8, 4) is 17.3 Å². The number of carbonyl (C=O) groups is 2. The second kappa shape index (κ2) is 10.6. The average molecular weight is 437 g/mol. The molecule has 7 heteroatoms. The summed E-state index contributed by atoms with van der Waals surface area (Å²) in [5.41, 5.74) is 2.99. The number of aromatic nitrogens is 2. The van der Waals surface area contributed by atoms with Crippen LogP contribution in [0.5, 0.6) is 5.88 Å². The van der Waals surface area contributed by atoms with E-state index in [1.54, 1.807) is 0 Å². The Labute approximate surface area is 189 Å². The monoisotopic (exact) mass is 436 g/mol. The molecule has 2 heterocycles. The molecule has 1 saturated heterocycles. The number of ether oxygens (including phenoxy) is 1. The van der Waals surface area contributed by atoms with E-state index in [9.17, 15) is 9.59 Å². The van der Waals surface area contributed by atoms with Gasteiger partial charge in [-0.05, 0) is 45.4 Å². The molecule has 0 saturated carbocycles. The number of rotatable bonds is 8. The molecule has 0 bridgehead atoms. The topological polar surface area (TPSA) is 84.4 Å². The van der Waals surface area contributed by atoms with Crippen molar-refractivity contribution in [3.05, 3.63) is 41.6 Å². The van der Waals surface area contributed by atoms with Crippen LogP contribution >= 0.6 is 0 Å². The first-order valence-corrected chi connectivity index (χ1v) is 11.8. The standard InChI is InChI=1S/C25H32N4O3/c1-2-32-25-20-13-11-19(24(31)26-15-7-17-29-16-6-10-22(29)30)12-14-21(20)27-23(28-25)18-8-4-3-5-9-18/h3-5,8-9,19H,2,6-7,10-17H2,1H3,(H,26,31). The lowest BCUT2D eigenvalue weighted by atomic mass is 9.99. The van der Waals surface area contributed by atoms with Gasteiger partial charge in [-0.1, -0.05) is 30.3 Å². The van der Waals surface area contributed by atoms with Crippen molar-refractivity contribution in [1.29, 1.82) is 0 Å². The van der Waals surface area contributed by atoms with Crippen LogP contribution in [0.1, 0.15) is 50.3 Å². The van der Waals surface area contributed by atoms with Gasteiger partial charge in [-0.15, -0.1) is 0 Å². The minimum absolute atomic E-state index is 0.0488. The number of aryl methyl sites for hydroxylation is 1. The Hall–Kier alpha value is -2.96. The number of carbonyl (C=O) groups excluding carboxylic acids is 2. The van der Waals surface area contributed by atoms with E-state index in [1.165, 1.54) is 0 Å². The third-order valence-electron chi connectivity index (χ3n) is 6.29. The summed E-state index contributed by atoms with van der Waals surface area (Å²) in [7, 11) is 0. The number of fused-ring (bicyclic) bond motifs is 1. The number of hydrogen-bond donors (Lipinski definition) is 1. The summed E-state index contributed by atoms with van der Waals surface area (Å²) in [6, 6.07) is 9.93. The number of nitrogens with zero attached hydrogens (tertiary/aromatic N) is 3. The van der Waals surface area contributed by atoms with Gasteiger partial charge in [0.15, 0.2) is 5.82 Å². The summed E-state index contributed by atoms with van der Waals surface area (Å²) in [4.78, 5) is 35.9. The van der Waals surface area contributed by atoms with Crippen LogP contribution in [-0.2, 0) is 22.4 Å². The van der Waals surface area contributed by atoms with Gasteiger partial charge in [-0.3, -0.25) is 9.59 Å². The zero-order chi connectivity index (χ0) is 22.3. The molecular weight excluding hydrogens is 404 g/mol. The summed E-state index contributed by atoms with van der Waals surface area (Å²) >= 11 is 0. The molecule has 1 unspecified atom stereocenters. The minimum atomic E-state index is -0.0488. The largest absolute Gasteiger partial charge is 0.478 e. The molecule has 0 spiro atoms. The number of likely N-dealkylation sites (tertiary alicyclic amines) is 1. The zero-order valence-corrected chi connectivity index (χ0v) is 18.8. The predicted molar refractivity (Wildman–Crippen MR) is 122 cm³/mol. The van der Waals surface area contributed by atoms with Gasteiger partial charge < -0.3 is 15.0 Å². The highest BCUT2D eigenvalue weighted by Gasteiger charge is 2.26. The molecule has 32 heavy (non-hydrogen) atoms. The van der Waals surface area contributed by atoms with Crippen molar-refractivity contribution in [2.45, 2.75) is 51.9 Å². The normalized spacial score (nSPS) is 18.2. The van der Waals surface area contributed by atoms with Gasteiger partial charge in [-0.25, -0.2) is 4.98 Å². The van der Waals surface area contributed by atoms with Crippen molar-refractivity contribution in [3.63, 3.8) is 0 Å². The van der Waals surface area contributed by atoms with E-state index >= 15 is 0 Å². The fraction of sp³-hybridized carbons (Fsp3) is 0.520. The van der Waals surface area contributed by atoms with Crippen LogP contribution in [0.25, 0.3) is 11.4 Å². The van der Waals surface area contributed by atoms with Crippen LogP contribution in [0.15, 0.2) is 30.3 Å². The maximum absolute atomic E-state index is 12.8. The molecule has 1 N–H and O–H groups in total. The van der Waals surface area contributed by atoms with E-state index in [-0.39, 0.29) is 17.7 Å². The Bertz CT molecular complexity index is 948. The summed E-state index contributed by atoms with van der Waals surface area (Å²) in [5.74, 6) is 1.60. The Morgan fingerprint density at radius 1 is 1.16 bits per heavy atom. The quantitative estimate of drug-likeness (QED) is 0.508. The lowest BCUT2D eigenvalue weighted by Gasteiger charge is -2.17. The van der Waals surface area contributed by atoms with E-state index in [4.69, 9.17) is 14.7 Å². The first kappa shape index (κ1) is 22.2. The van der Waals surface area contributed by atoms with Crippen molar-refractivity contribution in [2.75, 3.05) is 26.2 Å². The molecular formula is C25H32N4O3. The van der Waals surface area contributed by atoms with E-state index < -0.39 is 0 Å². The Morgan fingerprint density at radius 2 is 1.97 bits per heavy atom. The molecule has 0 radical (unpaired) electrons. The number of hydrogen-bond acceptors (Lipinski definition) is 5. The van der Waals surface area contributed by atoms with Crippen LogP contribution in [0.2, 0.25) is 0 Å². The molecule has 2 aromatic rings. The molecule has 1 atom stereocenters. The molecule has 2 aliphatic rings. The first-order chi connectivity index (χ1) is 15.7. The van der Waals surface area contributed by atoms with Gasteiger partial charge >= 0.3 is 0 Å². The Kier molecular flexibility index (Phi) is 7.35. The van der Waals surface area contributed by atoms with Crippen molar-refractivity contribution in [2.24, 2.45) is 5.92 Å². The summed E-state index contributed by atoms with van der Waals surface area (Å²) in [6.45, 7) is 4.68. The molecule has 1 aromatic carbocycles. The summed E-state index contributed by atoms with van der Waals surface area (Å²) in [5, 5.41) is 3.08. The summed E-state index contributed by atoms with van der Waals surface area (Å²) in [6.07, 6.45) is 5.40. The van der Waals surface area contributed by atoms with Gasteiger partial charge in [0.1, 0.15) is 0 Å². The van der Waals surface area contributed by atoms with Crippen LogP contribution in [0.3, 0.4) is 0 Å². The Morgan fingerprint density at radius 3 is 2.72 bits per heavy atom. The minimum Gasteiger partial charge on any atom is -0.478 e. The van der Waals surface area contributed by atoms with Gasteiger partial charge in [-0.2, -0.15) is 4.98 Å². The van der Waals surface area contributed by atoms with Gasteiger partial charge in [0.25, 0.3) is 0 Å². The lowest BCUT2D eigenvalue weighted by molar-refractivity contribution is -0.127. The van der Waals surface area contributed by atoms with Crippen LogP contribution in [0, 0.1) is 5.92 Å². The second-order valence-corrected chi connectivity index (χ2v) is 8.48. The molecule has 1 fully saturated rings. The van der Waals surface area contributed by atoms with E-state index in [0.29, 0.717) is 31.3 Å². The highest BCUT2D eigenvalue weighted by Crippen LogP contribution is 2.31. The maximum Gasteiger partial charge on any atom is 0.223 e. The van der Waals surface area contributed by atoms with Gasteiger partial charge in [0.05, 0.1) is 12.3 Å². The van der Waals surface area contributed by atoms with Crippen molar-refractivity contribution >= 4 is 11.8 Å². The predicted octanol–water partition coefficient (Wildman–Crippen LogP) is 3.17. The molecule has 7 nitrogen and oxygen atoms in total. The van der Waals surface area contributed by atoms with Gasteiger partial charge in [0, 0.05) is 43.1 Å². The zero-order valence-electron chi connectivity index (χ0n) is 18.8. The molecule has 2 amide bonds. The average Bonchev–Trinajstić information content (AvgIpc) is 3.09. The number of nitrogens with one attached hydrogen (secondary N) is 1. The van der Waals surface area contributed by atoms with Crippen LogP contribution < -0.4 is 10.1 Å². The number of benzene rings is 1. The van der Waals surface area contributed by atoms with E-state index in [1.807, 2.05) is 42.2 Å². The molecule has 4 rings (SSSR count). The second-order valence-electron chi connectivity index (χ2n) is 8.48. The molecule has 1 aliphatic heterocycles. The van der Waals surface area contributed by atoms with E-state index in [2.05, 4.69) is 5.32 Å². The first-order valence-electron chi connectivity index (χ1n) is 11.8. The van der Waals surface area contributed by atoms with Crippen LogP contribution in [-0.4, -0.2) is 52.9 Å². The number of amides is 2. The SMILES string of the molecule is CCOc1nc(-c2ccccc2)nc2c1CCC(C(=O)NCCCN1CCCC1=O)CC2. The lowest BCUT2D eigenvalue weighted by Crippen LogP contribution is -2.34. The van der Waals surface area contributed by atoms with E-state index in [0.717, 1.165) is 68.4 Å². The fourth-order valence-corrected chi connectivity index (χ4v) is 4.54. The molecule has 1 aliphatic carbocycles. The highest BCUT2D eigenvalue weighted by molar-refractivity contribution is 5.79. The fourth-order valence-electron chi connectivity index (χ4n) is 4.54. The smallest absolute Gasteiger partial charge is 0.223 e. The maximum atomic E-state index is 12.8. The molecule has 1 aromatic heterocycles. The molecule has 170 valence electrons. The highest BCUT2D eigenvalue weighted by atomic mass is 16.5. The van der Waals surface area contributed by atoms with Crippen molar-refractivity contribution < 1.29 is 14.3 Å². The third kappa shape index (κ3) is 5.26. The summed E-state index contributed by atoms with van der Waals surface area (Å²) < 4.78 is 5.87. The van der Waals surface area contributed by atoms with Crippen LogP contribution in [0.4, 0.5) is 0 Å². The Balaban J connectivity index is 1.37. The third-order valence-corrected chi connectivity index (χ3v) is 6.29.